The zero-order chi connectivity index (χ0) is 10.0. The Hall–Kier alpha value is -0.600. The number of nitrogens with zero attached hydrogens (tertiary/aromatic N) is 1. The molecule has 2 aliphatic rings. The second-order valence-electron chi connectivity index (χ2n) is 4.59. The van der Waals surface area contributed by atoms with Gasteiger partial charge in [-0.3, -0.25) is 4.90 Å². The molecule has 0 radical (unpaired) electrons. The van der Waals surface area contributed by atoms with Crippen LogP contribution in [0, 0.1) is 5.92 Å². The van der Waals surface area contributed by atoms with E-state index < -0.39 is 0 Å². The molecule has 2 heteroatoms. The van der Waals surface area contributed by atoms with Crippen LogP contribution in [0.15, 0.2) is 24.3 Å². The Morgan fingerprint density at radius 1 is 1.50 bits per heavy atom. The van der Waals surface area contributed by atoms with Crippen molar-refractivity contribution in [2.45, 2.75) is 25.3 Å². The summed E-state index contributed by atoms with van der Waals surface area (Å²) in [5, 5.41) is 9.56. The van der Waals surface area contributed by atoms with Gasteiger partial charge in [-0.2, -0.15) is 0 Å². The van der Waals surface area contributed by atoms with E-state index in [2.05, 4.69) is 36.1 Å². The van der Waals surface area contributed by atoms with E-state index in [0.29, 0.717) is 0 Å². The van der Waals surface area contributed by atoms with Crippen molar-refractivity contribution in [3.8, 4) is 0 Å². The Morgan fingerprint density at radius 2 is 2.36 bits per heavy atom. The predicted octanol–water partition coefficient (Wildman–Crippen LogP) is 1.58. The predicted molar refractivity (Wildman–Crippen MR) is 58.1 cm³/mol. The molecular weight excluding hydrogens is 174 g/mol. The average Bonchev–Trinajstić information content (AvgIpc) is 2.66. The third kappa shape index (κ3) is 1.64. The van der Waals surface area contributed by atoms with E-state index in [0.717, 1.165) is 25.4 Å². The van der Waals surface area contributed by atoms with Gasteiger partial charge in [0.2, 0.25) is 0 Å². The van der Waals surface area contributed by atoms with Gasteiger partial charge in [-0.05, 0) is 25.3 Å². The quantitative estimate of drug-likeness (QED) is 0.719. The van der Waals surface area contributed by atoms with Crippen molar-refractivity contribution in [3.63, 3.8) is 0 Å². The zero-order valence-electron chi connectivity index (χ0n) is 8.82. The largest absolute Gasteiger partial charge is 0.394 e. The van der Waals surface area contributed by atoms with E-state index in [9.17, 15) is 5.11 Å². The first kappa shape index (κ1) is 9.94. The molecular formula is C12H19NO. The number of likely N-dealkylation sites (tertiary alicyclic amines) is 1. The molecule has 78 valence electrons. The first-order chi connectivity index (χ1) is 6.77. The highest BCUT2D eigenvalue weighted by atomic mass is 16.3. The molecule has 2 unspecified atom stereocenters. The second-order valence-corrected chi connectivity index (χ2v) is 4.59. The molecule has 1 fully saturated rings. The minimum Gasteiger partial charge on any atom is -0.394 e. The van der Waals surface area contributed by atoms with Crippen molar-refractivity contribution < 1.29 is 5.11 Å². The maximum Gasteiger partial charge on any atom is 0.0662 e. The minimum absolute atomic E-state index is 0.0977. The lowest BCUT2D eigenvalue weighted by Crippen LogP contribution is -2.49. The van der Waals surface area contributed by atoms with Crippen molar-refractivity contribution in [1.29, 1.82) is 0 Å². The molecule has 1 saturated heterocycles. The lowest BCUT2D eigenvalue weighted by Gasteiger charge is -2.38. The molecule has 1 aliphatic heterocycles. The molecule has 2 nitrogen and oxygen atoms in total. The van der Waals surface area contributed by atoms with Crippen LogP contribution in [0.3, 0.4) is 0 Å². The molecule has 2 atom stereocenters. The summed E-state index contributed by atoms with van der Waals surface area (Å²) in [7, 11) is 0. The van der Waals surface area contributed by atoms with Gasteiger partial charge in [0.1, 0.15) is 0 Å². The maximum absolute atomic E-state index is 9.56. The molecule has 14 heavy (non-hydrogen) atoms. The zero-order valence-corrected chi connectivity index (χ0v) is 8.82. The molecule has 0 aromatic heterocycles. The summed E-state index contributed by atoms with van der Waals surface area (Å²) in [4.78, 5) is 2.43. The monoisotopic (exact) mass is 193 g/mol. The lowest BCUT2D eigenvalue weighted by molar-refractivity contribution is 0.0844. The second kappa shape index (κ2) is 3.87. The Morgan fingerprint density at radius 3 is 2.86 bits per heavy atom. The van der Waals surface area contributed by atoms with Crippen molar-refractivity contribution in [1.82, 2.24) is 4.90 Å². The third-order valence-corrected chi connectivity index (χ3v) is 3.45. The highest BCUT2D eigenvalue weighted by Crippen LogP contribution is 2.30. The molecule has 1 N–H and O–H groups in total. The standard InChI is InChI=1S/C12H19NO/c1-11-5-8-13(9-11)12(10-14)6-3-2-4-7-12/h2-4,6,11,14H,5,7-10H2,1H3. The van der Waals surface area contributed by atoms with E-state index in [1.807, 2.05) is 0 Å². The van der Waals surface area contributed by atoms with Gasteiger partial charge in [0.25, 0.3) is 0 Å². The fourth-order valence-electron chi connectivity index (χ4n) is 2.44. The lowest BCUT2D eigenvalue weighted by atomic mass is 9.90. The van der Waals surface area contributed by atoms with Gasteiger partial charge in [0.05, 0.1) is 12.1 Å². The van der Waals surface area contributed by atoms with Crippen LogP contribution < -0.4 is 0 Å². The van der Waals surface area contributed by atoms with Crippen molar-refractivity contribution >= 4 is 0 Å². The van der Waals surface area contributed by atoms with Gasteiger partial charge in [-0.25, -0.2) is 0 Å². The number of allylic oxidation sites excluding steroid dienone is 2. The Kier molecular flexibility index (Phi) is 2.75. The SMILES string of the molecule is CC1CCN(C2(CO)C=CC=CC2)C1. The number of rotatable bonds is 2. The summed E-state index contributed by atoms with van der Waals surface area (Å²) < 4.78 is 0. The van der Waals surface area contributed by atoms with Crippen LogP contribution in [0.5, 0.6) is 0 Å². The van der Waals surface area contributed by atoms with E-state index in [1.165, 1.54) is 6.42 Å². The highest BCUT2D eigenvalue weighted by molar-refractivity contribution is 5.22. The van der Waals surface area contributed by atoms with Gasteiger partial charge >= 0.3 is 0 Å². The van der Waals surface area contributed by atoms with E-state index >= 15 is 0 Å². The number of aliphatic hydroxyl groups is 1. The first-order valence-corrected chi connectivity index (χ1v) is 5.47. The number of aliphatic hydroxyl groups excluding tert-OH is 1. The topological polar surface area (TPSA) is 23.5 Å². The average molecular weight is 193 g/mol. The van der Waals surface area contributed by atoms with Crippen LogP contribution in [0.1, 0.15) is 19.8 Å². The molecule has 0 aromatic rings. The van der Waals surface area contributed by atoms with E-state index in [4.69, 9.17) is 0 Å². The van der Waals surface area contributed by atoms with Gasteiger partial charge < -0.3 is 5.11 Å². The van der Waals surface area contributed by atoms with Gasteiger partial charge in [-0.15, -0.1) is 0 Å². The van der Waals surface area contributed by atoms with Crippen LogP contribution >= 0.6 is 0 Å². The molecule has 1 heterocycles. The summed E-state index contributed by atoms with van der Waals surface area (Å²) in [5.41, 5.74) is -0.0977. The summed E-state index contributed by atoms with van der Waals surface area (Å²) in [5.74, 6) is 0.776. The maximum atomic E-state index is 9.56. The van der Waals surface area contributed by atoms with Crippen molar-refractivity contribution in [2.24, 2.45) is 5.92 Å². The molecule has 0 bridgehead atoms. The van der Waals surface area contributed by atoms with E-state index in [-0.39, 0.29) is 12.1 Å². The minimum atomic E-state index is -0.0977. The molecule has 0 amide bonds. The summed E-state index contributed by atoms with van der Waals surface area (Å²) in [6.45, 7) is 4.77. The van der Waals surface area contributed by atoms with Gasteiger partial charge in [0, 0.05) is 6.54 Å². The fourth-order valence-corrected chi connectivity index (χ4v) is 2.44. The van der Waals surface area contributed by atoms with Crippen LogP contribution in [0.25, 0.3) is 0 Å². The molecule has 2 rings (SSSR count). The number of hydrogen-bond acceptors (Lipinski definition) is 2. The normalized spacial score (nSPS) is 38.0. The first-order valence-electron chi connectivity index (χ1n) is 5.47. The summed E-state index contributed by atoms with van der Waals surface area (Å²) in [6.07, 6.45) is 10.6. The Balaban J connectivity index is 2.12. The number of hydrogen-bond donors (Lipinski definition) is 1. The molecule has 0 spiro atoms. The van der Waals surface area contributed by atoms with Crippen LogP contribution in [-0.4, -0.2) is 35.2 Å². The van der Waals surface area contributed by atoms with Crippen LogP contribution in [0.4, 0.5) is 0 Å². The van der Waals surface area contributed by atoms with Crippen LogP contribution in [-0.2, 0) is 0 Å². The molecule has 0 saturated carbocycles. The Labute approximate surface area is 85.9 Å². The Bertz CT molecular complexity index is 259. The smallest absolute Gasteiger partial charge is 0.0662 e. The van der Waals surface area contributed by atoms with Gasteiger partial charge in [-0.1, -0.05) is 31.2 Å². The molecule has 1 aliphatic carbocycles. The van der Waals surface area contributed by atoms with E-state index in [1.54, 1.807) is 0 Å². The highest BCUT2D eigenvalue weighted by Gasteiger charge is 2.36. The van der Waals surface area contributed by atoms with Crippen molar-refractivity contribution in [3.05, 3.63) is 24.3 Å². The third-order valence-electron chi connectivity index (χ3n) is 3.45. The summed E-state index contributed by atoms with van der Waals surface area (Å²) >= 11 is 0. The summed E-state index contributed by atoms with van der Waals surface area (Å²) in [6, 6.07) is 0. The molecule has 0 aromatic carbocycles. The van der Waals surface area contributed by atoms with Gasteiger partial charge in [0.15, 0.2) is 0 Å². The fraction of sp³-hybridized carbons (Fsp3) is 0.667. The van der Waals surface area contributed by atoms with Crippen molar-refractivity contribution in [2.75, 3.05) is 19.7 Å². The van der Waals surface area contributed by atoms with Crippen LogP contribution in [0.2, 0.25) is 0 Å².